The Morgan fingerprint density at radius 3 is 2.52 bits per heavy atom. The second kappa shape index (κ2) is 8.18. The lowest BCUT2D eigenvalue weighted by molar-refractivity contribution is -0.116. The molecule has 2 aromatic carbocycles. The lowest BCUT2D eigenvalue weighted by Crippen LogP contribution is -2.29. The number of rotatable bonds is 5. The lowest BCUT2D eigenvalue weighted by Gasteiger charge is -2.11. The van der Waals surface area contributed by atoms with Crippen molar-refractivity contribution in [2.45, 2.75) is 6.42 Å². The van der Waals surface area contributed by atoms with Crippen LogP contribution in [0.2, 0.25) is 0 Å². The van der Waals surface area contributed by atoms with Gasteiger partial charge in [-0.25, -0.2) is 0 Å². The van der Waals surface area contributed by atoms with Crippen LogP contribution in [0.15, 0.2) is 63.9 Å². The number of anilines is 1. The molecule has 0 bridgehead atoms. The van der Waals surface area contributed by atoms with Crippen molar-refractivity contribution in [3.63, 3.8) is 0 Å². The maximum atomic E-state index is 12.5. The Kier molecular flexibility index (Phi) is 5.71. The Labute approximate surface area is 164 Å². The summed E-state index contributed by atoms with van der Waals surface area (Å²) in [5.74, 6) is -0.577. The number of nitrogens with one attached hydrogen (secondary N) is 2. The van der Waals surface area contributed by atoms with Crippen molar-refractivity contribution in [2.75, 3.05) is 11.9 Å². The molecule has 0 fully saturated rings. The van der Waals surface area contributed by atoms with Crippen LogP contribution in [0, 0.1) is 0 Å². The van der Waals surface area contributed by atoms with Gasteiger partial charge in [-0.2, -0.15) is 0 Å². The molecule has 0 atom stereocenters. The van der Waals surface area contributed by atoms with Crippen molar-refractivity contribution in [3.8, 4) is 0 Å². The Balaban J connectivity index is 1.64. The molecule has 3 aromatic rings. The number of fused-ring (bicyclic) bond motifs is 1. The number of hydrogen-bond acceptors (Lipinski definition) is 3. The molecule has 27 heavy (non-hydrogen) atoms. The van der Waals surface area contributed by atoms with Crippen molar-refractivity contribution >= 4 is 44.3 Å². The molecule has 3 rings (SSSR count). The normalized spacial score (nSPS) is 10.6. The summed E-state index contributed by atoms with van der Waals surface area (Å²) in [6.07, 6.45) is 0.130. The number of halogens is 1. The van der Waals surface area contributed by atoms with Crippen molar-refractivity contribution in [3.05, 3.63) is 75.0 Å². The van der Waals surface area contributed by atoms with E-state index in [0.29, 0.717) is 22.2 Å². The van der Waals surface area contributed by atoms with Gasteiger partial charge in [0.25, 0.3) is 11.5 Å². The number of nitrogens with zero attached hydrogens (tertiary/aromatic N) is 1. The predicted molar refractivity (Wildman–Crippen MR) is 109 cm³/mol. The Morgan fingerprint density at radius 1 is 1.07 bits per heavy atom. The lowest BCUT2D eigenvalue weighted by atomic mass is 10.1. The number of aryl methyl sites for hydroxylation is 1. The molecule has 1 heterocycles. The quantitative estimate of drug-likeness (QED) is 0.656. The van der Waals surface area contributed by atoms with E-state index in [1.54, 1.807) is 31.3 Å². The highest BCUT2D eigenvalue weighted by Crippen LogP contribution is 2.16. The van der Waals surface area contributed by atoms with Gasteiger partial charge in [0.05, 0.1) is 11.1 Å². The Bertz CT molecular complexity index is 1060. The van der Waals surface area contributed by atoms with Gasteiger partial charge in [0, 0.05) is 41.6 Å². The van der Waals surface area contributed by atoms with Crippen LogP contribution in [0.25, 0.3) is 10.9 Å². The molecule has 2 amide bonds. The number of para-hydroxylation sites is 1. The molecule has 0 aliphatic heterocycles. The summed E-state index contributed by atoms with van der Waals surface area (Å²) in [6.45, 7) is 0.171. The highest BCUT2D eigenvalue weighted by molar-refractivity contribution is 9.10. The second-order valence-electron chi connectivity index (χ2n) is 6.03. The van der Waals surface area contributed by atoms with Gasteiger partial charge in [0.2, 0.25) is 5.91 Å². The van der Waals surface area contributed by atoms with Crippen LogP contribution in [0.1, 0.15) is 16.8 Å². The van der Waals surface area contributed by atoms with E-state index in [-0.39, 0.29) is 30.3 Å². The summed E-state index contributed by atoms with van der Waals surface area (Å²) in [7, 11) is 1.67. The highest BCUT2D eigenvalue weighted by atomic mass is 79.9. The molecular weight excluding hydrogens is 410 g/mol. The van der Waals surface area contributed by atoms with Gasteiger partial charge < -0.3 is 15.2 Å². The first-order chi connectivity index (χ1) is 13.0. The number of amides is 2. The van der Waals surface area contributed by atoms with E-state index in [0.717, 1.165) is 4.47 Å². The smallest absolute Gasteiger partial charge is 0.252 e. The molecule has 138 valence electrons. The average Bonchev–Trinajstić information content (AvgIpc) is 2.66. The van der Waals surface area contributed by atoms with Gasteiger partial charge in [-0.3, -0.25) is 14.4 Å². The molecule has 7 heteroatoms. The fraction of sp³-hybridized carbons (Fsp3) is 0.150. The molecule has 0 aliphatic rings. The van der Waals surface area contributed by atoms with E-state index >= 15 is 0 Å². The molecule has 2 N–H and O–H groups in total. The van der Waals surface area contributed by atoms with Crippen LogP contribution in [0.4, 0.5) is 5.69 Å². The van der Waals surface area contributed by atoms with Gasteiger partial charge in [0.15, 0.2) is 0 Å². The van der Waals surface area contributed by atoms with Gasteiger partial charge in [-0.1, -0.05) is 34.1 Å². The summed E-state index contributed by atoms with van der Waals surface area (Å²) in [5.41, 5.74) is 1.42. The molecule has 0 radical (unpaired) electrons. The van der Waals surface area contributed by atoms with Gasteiger partial charge >= 0.3 is 0 Å². The summed E-state index contributed by atoms with van der Waals surface area (Å²) < 4.78 is 2.42. The summed E-state index contributed by atoms with van der Waals surface area (Å²) >= 11 is 3.33. The number of hydrogen-bond donors (Lipinski definition) is 2. The summed E-state index contributed by atoms with van der Waals surface area (Å²) in [4.78, 5) is 36.6. The topological polar surface area (TPSA) is 80.2 Å². The fourth-order valence-electron chi connectivity index (χ4n) is 2.74. The van der Waals surface area contributed by atoms with Crippen LogP contribution in [-0.4, -0.2) is 22.9 Å². The monoisotopic (exact) mass is 427 g/mol. The van der Waals surface area contributed by atoms with Gasteiger partial charge in [-0.05, 0) is 30.3 Å². The van der Waals surface area contributed by atoms with Crippen molar-refractivity contribution in [2.24, 2.45) is 7.05 Å². The molecule has 1 aromatic heterocycles. The molecular formula is C20H18BrN3O3. The fourth-order valence-corrected chi connectivity index (χ4v) is 3.00. The van der Waals surface area contributed by atoms with Crippen molar-refractivity contribution < 1.29 is 9.59 Å². The number of aromatic nitrogens is 1. The minimum absolute atomic E-state index is 0.130. The predicted octanol–water partition coefficient (Wildman–Crippen LogP) is 3.06. The zero-order valence-corrected chi connectivity index (χ0v) is 16.2. The van der Waals surface area contributed by atoms with Crippen molar-refractivity contribution in [1.29, 1.82) is 0 Å². The summed E-state index contributed by atoms with van der Waals surface area (Å²) in [6, 6.07) is 15.8. The molecule has 0 saturated heterocycles. The third-order valence-electron chi connectivity index (χ3n) is 4.16. The molecule has 0 spiro atoms. The number of benzene rings is 2. The van der Waals surface area contributed by atoms with Crippen LogP contribution in [-0.2, 0) is 11.8 Å². The largest absolute Gasteiger partial charge is 0.351 e. The second-order valence-corrected chi connectivity index (χ2v) is 6.95. The number of pyridine rings is 1. The van der Waals surface area contributed by atoms with Gasteiger partial charge in [-0.15, -0.1) is 0 Å². The van der Waals surface area contributed by atoms with Gasteiger partial charge in [0.1, 0.15) is 0 Å². The first-order valence-electron chi connectivity index (χ1n) is 8.38. The SMILES string of the molecule is Cn1c(=O)cc(C(=O)NCCC(=O)Nc2ccc(Br)cc2)c2ccccc21. The zero-order chi connectivity index (χ0) is 19.4. The van der Waals surface area contributed by atoms with E-state index in [1.165, 1.54) is 10.6 Å². The standard InChI is InChI=1S/C20H18BrN3O3/c1-24-17-5-3-2-4-15(17)16(12-19(24)26)20(27)22-11-10-18(25)23-14-8-6-13(21)7-9-14/h2-9,12H,10-11H2,1H3,(H,22,27)(H,23,25). The van der Waals surface area contributed by atoms with Crippen LogP contribution in [0.5, 0.6) is 0 Å². The minimum Gasteiger partial charge on any atom is -0.351 e. The maximum Gasteiger partial charge on any atom is 0.252 e. The Hall–Kier alpha value is -2.93. The zero-order valence-electron chi connectivity index (χ0n) is 14.7. The summed E-state index contributed by atoms with van der Waals surface area (Å²) in [5, 5.41) is 6.16. The highest BCUT2D eigenvalue weighted by Gasteiger charge is 2.13. The maximum absolute atomic E-state index is 12.5. The number of carbonyl (C=O) groups excluding carboxylic acids is 2. The van der Waals surface area contributed by atoms with E-state index in [4.69, 9.17) is 0 Å². The molecule has 6 nitrogen and oxygen atoms in total. The molecule has 0 unspecified atom stereocenters. The first-order valence-corrected chi connectivity index (χ1v) is 9.17. The van der Waals surface area contributed by atoms with E-state index in [9.17, 15) is 14.4 Å². The Morgan fingerprint density at radius 2 is 1.78 bits per heavy atom. The van der Waals surface area contributed by atoms with Crippen LogP contribution in [0.3, 0.4) is 0 Å². The minimum atomic E-state index is -0.375. The average molecular weight is 428 g/mol. The third-order valence-corrected chi connectivity index (χ3v) is 4.69. The first kappa shape index (κ1) is 18.8. The van der Waals surface area contributed by atoms with E-state index in [2.05, 4.69) is 26.6 Å². The van der Waals surface area contributed by atoms with Crippen LogP contribution < -0.4 is 16.2 Å². The van der Waals surface area contributed by atoms with Crippen molar-refractivity contribution in [1.82, 2.24) is 9.88 Å². The molecule has 0 aliphatic carbocycles. The van der Waals surface area contributed by atoms with E-state index < -0.39 is 0 Å². The number of carbonyl (C=O) groups is 2. The van der Waals surface area contributed by atoms with Crippen LogP contribution >= 0.6 is 15.9 Å². The third kappa shape index (κ3) is 4.43. The molecule has 0 saturated carbocycles. The van der Waals surface area contributed by atoms with E-state index in [1.807, 2.05) is 24.3 Å².